The molecule has 0 radical (unpaired) electrons. The third-order valence-electron chi connectivity index (χ3n) is 5.68. The summed E-state index contributed by atoms with van der Waals surface area (Å²) in [7, 11) is 0. The van der Waals surface area contributed by atoms with Gasteiger partial charge in [0, 0.05) is 18.2 Å². The fourth-order valence-electron chi connectivity index (χ4n) is 3.86. The molecule has 0 spiro atoms. The number of pyridine rings is 1. The van der Waals surface area contributed by atoms with E-state index in [1.54, 1.807) is 23.2 Å². The number of aromatic nitrogens is 3. The van der Waals surface area contributed by atoms with Gasteiger partial charge in [0.1, 0.15) is 9.53 Å². The van der Waals surface area contributed by atoms with Crippen molar-refractivity contribution in [2.75, 3.05) is 5.32 Å². The Bertz CT molecular complexity index is 1130. The van der Waals surface area contributed by atoms with Crippen molar-refractivity contribution in [1.29, 1.82) is 0 Å². The normalized spacial score (nSPS) is 20.1. The van der Waals surface area contributed by atoms with Gasteiger partial charge in [0.25, 0.3) is 5.56 Å². The number of hydrogen-bond acceptors (Lipinski definition) is 5. The quantitative estimate of drug-likeness (QED) is 0.696. The predicted octanol–water partition coefficient (Wildman–Crippen LogP) is 4.03. The molecular formula is C20H20N4O2S. The Labute approximate surface area is 159 Å². The van der Waals surface area contributed by atoms with Crippen LogP contribution in [0.3, 0.4) is 0 Å². The number of nitrogens with zero attached hydrogens (tertiary/aromatic N) is 3. The zero-order chi connectivity index (χ0) is 18.4. The van der Waals surface area contributed by atoms with Crippen LogP contribution in [0.15, 0.2) is 35.5 Å². The highest BCUT2D eigenvalue weighted by Gasteiger charge is 2.26. The van der Waals surface area contributed by atoms with Crippen LogP contribution in [0.25, 0.3) is 20.4 Å². The number of allylic oxidation sites excluding steroid dienone is 2. The number of fused-ring (bicyclic) bond motifs is 3. The molecule has 3 heterocycles. The van der Waals surface area contributed by atoms with Crippen molar-refractivity contribution < 1.29 is 4.79 Å². The maximum atomic E-state index is 13.1. The second kappa shape index (κ2) is 6.56. The van der Waals surface area contributed by atoms with Gasteiger partial charge in [0.2, 0.25) is 5.91 Å². The molecule has 1 amide bonds. The smallest absolute Gasteiger partial charge is 0.271 e. The van der Waals surface area contributed by atoms with Crippen LogP contribution in [-0.2, 0) is 4.79 Å². The van der Waals surface area contributed by atoms with Crippen molar-refractivity contribution in [3.8, 4) is 0 Å². The number of amides is 1. The van der Waals surface area contributed by atoms with Crippen LogP contribution in [0.5, 0.6) is 0 Å². The lowest BCUT2D eigenvalue weighted by Crippen LogP contribution is -2.28. The molecule has 1 fully saturated rings. The molecule has 0 bridgehead atoms. The first-order chi connectivity index (χ1) is 13.2. The first-order valence-corrected chi connectivity index (χ1v) is 10.3. The Morgan fingerprint density at radius 1 is 1.22 bits per heavy atom. The van der Waals surface area contributed by atoms with Crippen LogP contribution >= 0.6 is 11.3 Å². The van der Waals surface area contributed by atoms with Crippen LogP contribution in [0, 0.1) is 5.92 Å². The lowest BCUT2D eigenvalue weighted by atomic mass is 9.85. The number of nitrogens with one attached hydrogen (secondary N) is 1. The van der Waals surface area contributed by atoms with Gasteiger partial charge in [0.05, 0.1) is 22.9 Å². The van der Waals surface area contributed by atoms with Gasteiger partial charge in [-0.1, -0.05) is 18.6 Å². The van der Waals surface area contributed by atoms with E-state index in [-0.39, 0.29) is 23.4 Å². The molecule has 5 rings (SSSR count). The van der Waals surface area contributed by atoms with Crippen molar-refractivity contribution in [3.05, 3.63) is 41.1 Å². The zero-order valence-electron chi connectivity index (χ0n) is 14.9. The molecule has 1 saturated carbocycles. The Balaban J connectivity index is 1.61. The maximum absolute atomic E-state index is 13.1. The summed E-state index contributed by atoms with van der Waals surface area (Å²) < 4.78 is 2.37. The van der Waals surface area contributed by atoms with Crippen molar-refractivity contribution in [1.82, 2.24) is 14.5 Å². The fraction of sp³-hybridized carbons (Fsp3) is 0.400. The minimum Gasteiger partial charge on any atom is -0.325 e. The fourth-order valence-corrected chi connectivity index (χ4v) is 4.92. The molecule has 6 nitrogen and oxygen atoms in total. The first kappa shape index (κ1) is 16.6. The SMILES string of the molecule is O=C(Nc1ccnc2sc3c(=O)n(C4CC=CCC4)cnc3c12)C1CCC1. The van der Waals surface area contributed by atoms with Gasteiger partial charge >= 0.3 is 0 Å². The third kappa shape index (κ3) is 2.77. The summed E-state index contributed by atoms with van der Waals surface area (Å²) in [6.07, 6.45) is 13.4. The number of carbonyl (C=O) groups excluding carboxylic acids is 1. The van der Waals surface area contributed by atoms with Gasteiger partial charge < -0.3 is 5.32 Å². The average molecular weight is 380 g/mol. The van der Waals surface area contributed by atoms with Gasteiger partial charge in [-0.3, -0.25) is 14.2 Å². The standard InChI is InChI=1S/C20H20N4O2S/c25-18(12-5-4-6-12)23-14-9-10-21-19-15(14)16-17(27-19)20(26)24(11-22-16)13-7-2-1-3-8-13/h1-2,9-13H,3-8H2,(H,21,23,25). The lowest BCUT2D eigenvalue weighted by Gasteiger charge is -2.24. The molecule has 1 atom stereocenters. The topological polar surface area (TPSA) is 76.9 Å². The van der Waals surface area contributed by atoms with Crippen molar-refractivity contribution in [3.63, 3.8) is 0 Å². The molecular weight excluding hydrogens is 360 g/mol. The second-order valence-electron chi connectivity index (χ2n) is 7.33. The number of thiophene rings is 1. The Hall–Kier alpha value is -2.54. The van der Waals surface area contributed by atoms with Gasteiger partial charge in [-0.25, -0.2) is 9.97 Å². The summed E-state index contributed by atoms with van der Waals surface area (Å²) >= 11 is 1.36. The Morgan fingerprint density at radius 2 is 2.11 bits per heavy atom. The highest BCUT2D eigenvalue weighted by Crippen LogP contribution is 2.36. The molecule has 0 saturated heterocycles. The largest absolute Gasteiger partial charge is 0.325 e. The van der Waals surface area contributed by atoms with Crippen LogP contribution in [-0.4, -0.2) is 20.4 Å². The van der Waals surface area contributed by atoms with E-state index < -0.39 is 0 Å². The van der Waals surface area contributed by atoms with Gasteiger partial charge in [0.15, 0.2) is 0 Å². The van der Waals surface area contributed by atoms with Gasteiger partial charge in [-0.15, -0.1) is 11.3 Å². The minimum absolute atomic E-state index is 0.0143. The lowest BCUT2D eigenvalue weighted by molar-refractivity contribution is -0.122. The molecule has 1 unspecified atom stereocenters. The van der Waals surface area contributed by atoms with Crippen molar-refractivity contribution >= 4 is 43.4 Å². The maximum Gasteiger partial charge on any atom is 0.271 e. The van der Waals surface area contributed by atoms with E-state index in [9.17, 15) is 9.59 Å². The number of hydrogen-bond donors (Lipinski definition) is 1. The van der Waals surface area contributed by atoms with E-state index in [4.69, 9.17) is 0 Å². The summed E-state index contributed by atoms with van der Waals surface area (Å²) in [5.74, 6) is 0.151. The molecule has 7 heteroatoms. The van der Waals surface area contributed by atoms with Gasteiger partial charge in [-0.2, -0.15) is 0 Å². The van der Waals surface area contributed by atoms with Crippen LogP contribution in [0.2, 0.25) is 0 Å². The summed E-state index contributed by atoms with van der Waals surface area (Å²) in [5.41, 5.74) is 1.33. The number of carbonyl (C=O) groups is 1. The summed E-state index contributed by atoms with van der Waals surface area (Å²) in [6.45, 7) is 0. The van der Waals surface area contributed by atoms with Crippen molar-refractivity contribution in [2.24, 2.45) is 5.92 Å². The van der Waals surface area contributed by atoms with E-state index in [1.807, 2.05) is 0 Å². The predicted molar refractivity (Wildman–Crippen MR) is 107 cm³/mol. The highest BCUT2D eigenvalue weighted by molar-refractivity contribution is 7.25. The molecule has 0 aromatic carbocycles. The minimum atomic E-state index is -0.0143. The average Bonchev–Trinajstić information content (AvgIpc) is 3.02. The monoisotopic (exact) mass is 380 g/mol. The molecule has 1 N–H and O–H groups in total. The summed E-state index contributed by atoms with van der Waals surface area (Å²) in [5, 5.41) is 3.81. The van der Waals surface area contributed by atoms with E-state index in [2.05, 4.69) is 27.4 Å². The molecule has 0 aliphatic heterocycles. The summed E-state index contributed by atoms with van der Waals surface area (Å²) in [6, 6.07) is 1.96. The Kier molecular flexibility index (Phi) is 4.04. The molecule has 3 aromatic heterocycles. The zero-order valence-corrected chi connectivity index (χ0v) is 15.7. The highest BCUT2D eigenvalue weighted by atomic mass is 32.1. The van der Waals surface area contributed by atoms with Crippen LogP contribution in [0.4, 0.5) is 5.69 Å². The molecule has 2 aliphatic carbocycles. The Morgan fingerprint density at radius 3 is 2.85 bits per heavy atom. The first-order valence-electron chi connectivity index (χ1n) is 9.46. The van der Waals surface area contributed by atoms with E-state index in [0.29, 0.717) is 15.9 Å². The number of rotatable bonds is 3. The van der Waals surface area contributed by atoms with Gasteiger partial charge in [-0.05, 0) is 38.2 Å². The van der Waals surface area contributed by atoms with E-state index in [1.165, 1.54) is 11.3 Å². The van der Waals surface area contributed by atoms with E-state index in [0.717, 1.165) is 48.7 Å². The molecule has 2 aliphatic rings. The number of anilines is 1. The van der Waals surface area contributed by atoms with Crippen LogP contribution in [0.1, 0.15) is 44.6 Å². The molecule has 27 heavy (non-hydrogen) atoms. The van der Waals surface area contributed by atoms with Crippen molar-refractivity contribution in [2.45, 2.75) is 44.6 Å². The molecule has 3 aromatic rings. The molecule has 138 valence electrons. The summed E-state index contributed by atoms with van der Waals surface area (Å²) in [4.78, 5) is 35.3. The van der Waals surface area contributed by atoms with E-state index >= 15 is 0 Å². The second-order valence-corrected chi connectivity index (χ2v) is 8.33. The van der Waals surface area contributed by atoms with Crippen LogP contribution < -0.4 is 10.9 Å². The third-order valence-corrected chi connectivity index (χ3v) is 6.75.